The molecule has 0 unspecified atom stereocenters. The maximum Gasteiger partial charge on any atom is 0.127 e. The van der Waals surface area contributed by atoms with Crippen molar-refractivity contribution in [1.82, 2.24) is 4.98 Å². The molecule has 1 fully saturated rings. The van der Waals surface area contributed by atoms with Gasteiger partial charge < -0.3 is 4.74 Å². The fraction of sp³-hybridized carbons (Fsp3) is 0.583. The molecule has 0 spiro atoms. The molecule has 0 aromatic carbocycles. The van der Waals surface area contributed by atoms with Crippen LogP contribution in [0.3, 0.4) is 0 Å². The zero-order valence-corrected chi connectivity index (χ0v) is 11.5. The summed E-state index contributed by atoms with van der Waals surface area (Å²) in [6.07, 6.45) is 4.67. The van der Waals surface area contributed by atoms with Crippen LogP contribution in [0.25, 0.3) is 0 Å². The Balaban J connectivity index is 2.38. The number of hydrogen-bond donors (Lipinski definition) is 0. The van der Waals surface area contributed by atoms with Gasteiger partial charge in [0.25, 0.3) is 0 Å². The van der Waals surface area contributed by atoms with Crippen molar-refractivity contribution in [3.8, 4) is 5.75 Å². The summed E-state index contributed by atoms with van der Waals surface area (Å²) in [5, 5.41) is 0. The van der Waals surface area contributed by atoms with Crippen LogP contribution < -0.4 is 4.74 Å². The van der Waals surface area contributed by atoms with Crippen LogP contribution in [0, 0.1) is 3.70 Å². The molecule has 2 rings (SSSR count). The minimum absolute atomic E-state index is 0.0923. The van der Waals surface area contributed by atoms with Gasteiger partial charge in [0.05, 0.1) is 6.10 Å². The number of hydrogen-bond acceptors (Lipinski definition) is 2. The van der Waals surface area contributed by atoms with Gasteiger partial charge in [-0.2, -0.15) is 0 Å². The van der Waals surface area contributed by atoms with E-state index in [0.717, 1.165) is 9.45 Å². The van der Waals surface area contributed by atoms with Gasteiger partial charge in [0.1, 0.15) is 9.45 Å². The lowest BCUT2D eigenvalue weighted by Gasteiger charge is -2.23. The summed E-state index contributed by atoms with van der Waals surface area (Å²) in [7, 11) is 0. The zero-order valence-electron chi connectivity index (χ0n) is 9.38. The molecule has 0 saturated heterocycles. The van der Waals surface area contributed by atoms with Crippen molar-refractivity contribution in [2.45, 2.75) is 45.1 Å². The van der Waals surface area contributed by atoms with Crippen molar-refractivity contribution in [1.29, 1.82) is 0 Å². The van der Waals surface area contributed by atoms with Crippen LogP contribution >= 0.6 is 22.6 Å². The Labute approximate surface area is 105 Å². The van der Waals surface area contributed by atoms with Gasteiger partial charge in [0, 0.05) is 11.8 Å². The number of halogens is 1. The van der Waals surface area contributed by atoms with E-state index in [1.54, 1.807) is 0 Å². The molecule has 1 aromatic heterocycles. The highest BCUT2D eigenvalue weighted by Gasteiger charge is 2.28. The fourth-order valence-electron chi connectivity index (χ4n) is 1.56. The number of rotatable bonds is 2. The van der Waals surface area contributed by atoms with E-state index in [-0.39, 0.29) is 5.41 Å². The Morgan fingerprint density at radius 3 is 2.60 bits per heavy atom. The van der Waals surface area contributed by atoms with Crippen molar-refractivity contribution in [2.75, 3.05) is 0 Å². The number of pyridine rings is 1. The second kappa shape index (κ2) is 3.92. The Bertz CT molecular complexity index is 366. The molecule has 0 N–H and O–H groups in total. The molecule has 1 aliphatic carbocycles. The predicted molar refractivity (Wildman–Crippen MR) is 69.3 cm³/mol. The summed E-state index contributed by atoms with van der Waals surface area (Å²) in [6, 6.07) is 1.99. The fourth-order valence-corrected chi connectivity index (χ4v) is 2.80. The summed E-state index contributed by atoms with van der Waals surface area (Å²) in [4.78, 5) is 4.34. The molecule has 0 atom stereocenters. The van der Waals surface area contributed by atoms with Gasteiger partial charge in [-0.25, -0.2) is 4.98 Å². The smallest absolute Gasteiger partial charge is 0.127 e. The largest absolute Gasteiger partial charge is 0.490 e. The highest BCUT2D eigenvalue weighted by atomic mass is 127. The third-order valence-corrected chi connectivity index (χ3v) is 3.25. The van der Waals surface area contributed by atoms with Crippen molar-refractivity contribution in [3.05, 3.63) is 21.5 Å². The molecular formula is C12H16INO. The quantitative estimate of drug-likeness (QED) is 0.615. The SMILES string of the molecule is CC(C)(C)c1c(OC2CC2)ccnc1I. The van der Waals surface area contributed by atoms with Gasteiger partial charge >= 0.3 is 0 Å². The monoisotopic (exact) mass is 317 g/mol. The maximum absolute atomic E-state index is 5.92. The van der Waals surface area contributed by atoms with Gasteiger partial charge in [-0.3, -0.25) is 0 Å². The molecular weight excluding hydrogens is 301 g/mol. The molecule has 3 heteroatoms. The van der Waals surface area contributed by atoms with Gasteiger partial charge in [-0.05, 0) is 46.9 Å². The van der Waals surface area contributed by atoms with Crippen LogP contribution in [0.4, 0.5) is 0 Å². The van der Waals surface area contributed by atoms with Crippen LogP contribution in [0.15, 0.2) is 12.3 Å². The van der Waals surface area contributed by atoms with Crippen molar-refractivity contribution in [2.24, 2.45) is 0 Å². The number of ether oxygens (including phenoxy) is 1. The third kappa shape index (κ3) is 2.62. The van der Waals surface area contributed by atoms with Crippen molar-refractivity contribution in [3.63, 3.8) is 0 Å². The molecule has 1 heterocycles. The highest BCUT2D eigenvalue weighted by molar-refractivity contribution is 14.1. The summed E-state index contributed by atoms with van der Waals surface area (Å²) in [5.41, 5.74) is 1.33. The Morgan fingerprint density at radius 1 is 1.40 bits per heavy atom. The summed E-state index contributed by atoms with van der Waals surface area (Å²) < 4.78 is 6.97. The molecule has 0 radical (unpaired) electrons. The normalized spacial score (nSPS) is 16.5. The van der Waals surface area contributed by atoms with Gasteiger partial charge in [0.2, 0.25) is 0 Å². The van der Waals surface area contributed by atoms with E-state index >= 15 is 0 Å². The first kappa shape index (κ1) is 11.2. The van der Waals surface area contributed by atoms with Crippen molar-refractivity contribution < 1.29 is 4.74 Å². The summed E-state index contributed by atoms with van der Waals surface area (Å²) in [6.45, 7) is 6.60. The lowest BCUT2D eigenvalue weighted by molar-refractivity contribution is 0.293. The average Bonchev–Trinajstić information content (AvgIpc) is 2.85. The molecule has 82 valence electrons. The third-order valence-electron chi connectivity index (χ3n) is 2.43. The standard InChI is InChI=1S/C12H16INO/c1-12(2,3)10-9(15-8-4-5-8)6-7-14-11(10)13/h6-8H,4-5H2,1-3H3. The lowest BCUT2D eigenvalue weighted by atomic mass is 9.87. The van der Waals surface area contributed by atoms with Crippen LogP contribution in [0.5, 0.6) is 5.75 Å². The minimum Gasteiger partial charge on any atom is -0.490 e. The molecule has 1 saturated carbocycles. The van der Waals surface area contributed by atoms with E-state index in [0.29, 0.717) is 6.10 Å². The molecule has 0 amide bonds. The summed E-state index contributed by atoms with van der Waals surface area (Å²) >= 11 is 2.29. The lowest BCUT2D eigenvalue weighted by Crippen LogP contribution is -2.16. The molecule has 2 nitrogen and oxygen atoms in total. The predicted octanol–water partition coefficient (Wildman–Crippen LogP) is 3.52. The van der Waals surface area contributed by atoms with Crippen LogP contribution in [-0.2, 0) is 5.41 Å². The van der Waals surface area contributed by atoms with Gasteiger partial charge in [-0.15, -0.1) is 0 Å². The zero-order chi connectivity index (χ0) is 11.1. The molecule has 15 heavy (non-hydrogen) atoms. The second-order valence-corrected chi connectivity index (χ2v) is 6.06. The van der Waals surface area contributed by atoms with Gasteiger partial charge in [-0.1, -0.05) is 20.8 Å². The Kier molecular flexibility index (Phi) is 2.92. The van der Waals surface area contributed by atoms with E-state index in [1.165, 1.54) is 18.4 Å². The summed E-state index contributed by atoms with van der Waals surface area (Å²) in [5.74, 6) is 1.02. The second-order valence-electron chi connectivity index (χ2n) is 5.04. The molecule has 1 aliphatic rings. The average molecular weight is 317 g/mol. The van der Waals surface area contributed by atoms with E-state index in [1.807, 2.05) is 12.3 Å². The van der Waals surface area contributed by atoms with Gasteiger partial charge in [0.15, 0.2) is 0 Å². The van der Waals surface area contributed by atoms with E-state index < -0.39 is 0 Å². The topological polar surface area (TPSA) is 22.1 Å². The van der Waals surface area contributed by atoms with Crippen LogP contribution in [0.1, 0.15) is 39.2 Å². The minimum atomic E-state index is 0.0923. The number of nitrogens with zero attached hydrogens (tertiary/aromatic N) is 1. The first-order valence-corrected chi connectivity index (χ1v) is 6.38. The van der Waals surface area contributed by atoms with E-state index in [4.69, 9.17) is 4.74 Å². The maximum atomic E-state index is 5.92. The van der Waals surface area contributed by atoms with E-state index in [2.05, 4.69) is 48.3 Å². The molecule has 1 aromatic rings. The Hall–Kier alpha value is -0.320. The van der Waals surface area contributed by atoms with Crippen molar-refractivity contribution >= 4 is 22.6 Å². The number of aromatic nitrogens is 1. The van der Waals surface area contributed by atoms with Crippen LogP contribution in [0.2, 0.25) is 0 Å². The van der Waals surface area contributed by atoms with Crippen LogP contribution in [-0.4, -0.2) is 11.1 Å². The highest BCUT2D eigenvalue weighted by Crippen LogP contribution is 2.37. The first-order chi connectivity index (χ1) is 6.98. The molecule has 0 bridgehead atoms. The molecule has 0 aliphatic heterocycles. The first-order valence-electron chi connectivity index (χ1n) is 5.30. The van der Waals surface area contributed by atoms with E-state index in [9.17, 15) is 0 Å². The Morgan fingerprint density at radius 2 is 2.07 bits per heavy atom.